The van der Waals surface area contributed by atoms with E-state index >= 15 is 0 Å². The molecule has 2 rings (SSSR count). The Morgan fingerprint density at radius 3 is 2.76 bits per heavy atom. The number of nitrogens with one attached hydrogen (secondary N) is 1. The van der Waals surface area contributed by atoms with E-state index in [1.807, 2.05) is 0 Å². The third-order valence-electron chi connectivity index (χ3n) is 2.54. The van der Waals surface area contributed by atoms with E-state index in [0.717, 1.165) is 12.3 Å². The smallest absolute Gasteiger partial charge is 0.161 e. The van der Waals surface area contributed by atoms with Gasteiger partial charge in [-0.25, -0.2) is 8.78 Å². The second-order valence-corrected chi connectivity index (χ2v) is 5.28. The van der Waals surface area contributed by atoms with Gasteiger partial charge in [0.15, 0.2) is 5.17 Å². The molecule has 5 heteroatoms. The third-order valence-corrected chi connectivity index (χ3v) is 3.78. The van der Waals surface area contributed by atoms with Crippen LogP contribution in [-0.4, -0.2) is 17.5 Å². The van der Waals surface area contributed by atoms with E-state index in [-0.39, 0.29) is 5.69 Å². The molecule has 1 aliphatic rings. The van der Waals surface area contributed by atoms with Crippen LogP contribution < -0.4 is 5.32 Å². The van der Waals surface area contributed by atoms with Crippen LogP contribution in [0.1, 0.15) is 12.5 Å². The summed E-state index contributed by atoms with van der Waals surface area (Å²) >= 11 is 1.53. The van der Waals surface area contributed by atoms with Crippen molar-refractivity contribution in [3.63, 3.8) is 0 Å². The lowest BCUT2D eigenvalue weighted by Crippen LogP contribution is -2.19. The highest BCUT2D eigenvalue weighted by atomic mass is 32.2. The lowest BCUT2D eigenvalue weighted by Gasteiger charge is -2.18. The van der Waals surface area contributed by atoms with E-state index in [9.17, 15) is 8.78 Å². The topological polar surface area (TPSA) is 24.4 Å². The van der Waals surface area contributed by atoms with Gasteiger partial charge in [0, 0.05) is 18.4 Å². The second kappa shape index (κ2) is 5.04. The maximum Gasteiger partial charge on any atom is 0.161 e. The third kappa shape index (κ3) is 2.97. The number of rotatable bonds is 1. The molecule has 0 fully saturated rings. The molecule has 92 valence electrons. The molecule has 0 spiro atoms. The monoisotopic (exact) mass is 256 g/mol. The molecule has 1 aliphatic heterocycles. The molecular weight excluding hydrogens is 242 g/mol. The molecule has 1 aromatic carbocycles. The molecule has 0 aliphatic carbocycles. The molecular formula is C12H14F2N2S. The largest absolute Gasteiger partial charge is 0.333 e. The molecule has 0 radical (unpaired) electrons. The Kier molecular flexibility index (Phi) is 3.66. The molecule has 2 nitrogen and oxygen atoms in total. The van der Waals surface area contributed by atoms with Crippen molar-refractivity contribution >= 4 is 22.6 Å². The number of aryl methyl sites for hydroxylation is 1. The Labute approximate surface area is 104 Å². The zero-order valence-electron chi connectivity index (χ0n) is 9.76. The number of benzene rings is 1. The summed E-state index contributed by atoms with van der Waals surface area (Å²) in [4.78, 5) is 4.28. The van der Waals surface area contributed by atoms with Crippen molar-refractivity contribution < 1.29 is 8.78 Å². The molecule has 1 heterocycles. The maximum atomic E-state index is 13.6. The lowest BCUT2D eigenvalue weighted by atomic mass is 10.2. The summed E-state index contributed by atoms with van der Waals surface area (Å²) < 4.78 is 26.9. The van der Waals surface area contributed by atoms with Crippen LogP contribution in [0.4, 0.5) is 14.5 Å². The van der Waals surface area contributed by atoms with Crippen LogP contribution in [0.15, 0.2) is 17.1 Å². The van der Waals surface area contributed by atoms with Crippen LogP contribution in [0.3, 0.4) is 0 Å². The number of hydrogen-bond acceptors (Lipinski definition) is 3. The average Bonchev–Trinajstić information content (AvgIpc) is 2.29. The summed E-state index contributed by atoms with van der Waals surface area (Å²) in [7, 11) is 0. The lowest BCUT2D eigenvalue weighted by molar-refractivity contribution is 0.596. The first-order chi connectivity index (χ1) is 8.06. The first-order valence-corrected chi connectivity index (χ1v) is 6.44. The number of aliphatic imine (C=N–C) groups is 1. The molecule has 17 heavy (non-hydrogen) atoms. The highest BCUT2D eigenvalue weighted by Gasteiger charge is 2.14. The molecule has 0 saturated carbocycles. The van der Waals surface area contributed by atoms with Crippen LogP contribution in [0, 0.1) is 24.5 Å². The van der Waals surface area contributed by atoms with Crippen LogP contribution in [-0.2, 0) is 0 Å². The summed E-state index contributed by atoms with van der Waals surface area (Å²) in [6.45, 7) is 4.38. The number of thioether (sulfide) groups is 1. The van der Waals surface area contributed by atoms with Crippen LogP contribution in [0.5, 0.6) is 0 Å². The summed E-state index contributed by atoms with van der Waals surface area (Å²) in [5.74, 6) is 0.613. The van der Waals surface area contributed by atoms with Gasteiger partial charge in [-0.2, -0.15) is 0 Å². The second-order valence-electron chi connectivity index (χ2n) is 4.27. The molecule has 1 aromatic rings. The van der Waals surface area contributed by atoms with Gasteiger partial charge in [-0.05, 0) is 24.5 Å². The maximum absolute atomic E-state index is 13.6. The van der Waals surface area contributed by atoms with E-state index in [1.54, 1.807) is 0 Å². The molecule has 0 amide bonds. The number of amidine groups is 1. The molecule has 0 aromatic heterocycles. The van der Waals surface area contributed by atoms with E-state index in [0.29, 0.717) is 16.6 Å². The zero-order valence-corrected chi connectivity index (χ0v) is 10.6. The minimum atomic E-state index is -0.453. The van der Waals surface area contributed by atoms with Crippen molar-refractivity contribution in [2.24, 2.45) is 10.9 Å². The summed E-state index contributed by atoms with van der Waals surface area (Å²) in [5.41, 5.74) is 0.453. The standard InChI is InChI=1S/C12H14F2N2S/c1-7-5-15-12(17-6-7)16-11-4-9(13)8(2)3-10(11)14/h3-4,7H,5-6H2,1-2H3,(H,15,16). The predicted molar refractivity (Wildman–Crippen MR) is 68.6 cm³/mol. The van der Waals surface area contributed by atoms with E-state index < -0.39 is 11.6 Å². The predicted octanol–water partition coefficient (Wildman–Crippen LogP) is 3.42. The molecule has 0 bridgehead atoms. The van der Waals surface area contributed by atoms with Gasteiger partial charge in [-0.3, -0.25) is 4.99 Å². The van der Waals surface area contributed by atoms with Gasteiger partial charge in [-0.1, -0.05) is 18.7 Å². The fourth-order valence-electron chi connectivity index (χ4n) is 1.49. The van der Waals surface area contributed by atoms with Gasteiger partial charge in [0.25, 0.3) is 0 Å². The summed E-state index contributed by atoms with van der Waals surface area (Å²) in [6.07, 6.45) is 0. The fourth-order valence-corrected chi connectivity index (χ4v) is 2.39. The van der Waals surface area contributed by atoms with Gasteiger partial charge < -0.3 is 5.32 Å². The number of nitrogens with zero attached hydrogens (tertiary/aromatic N) is 1. The fraction of sp³-hybridized carbons (Fsp3) is 0.417. The highest BCUT2D eigenvalue weighted by molar-refractivity contribution is 8.14. The first kappa shape index (κ1) is 12.4. The molecule has 1 atom stereocenters. The Morgan fingerprint density at radius 2 is 2.12 bits per heavy atom. The Balaban J connectivity index is 2.16. The average molecular weight is 256 g/mol. The van der Waals surface area contributed by atoms with E-state index in [2.05, 4.69) is 17.2 Å². The first-order valence-electron chi connectivity index (χ1n) is 5.46. The van der Waals surface area contributed by atoms with Gasteiger partial charge in [0.2, 0.25) is 0 Å². The van der Waals surface area contributed by atoms with E-state index in [4.69, 9.17) is 0 Å². The summed E-state index contributed by atoms with van der Waals surface area (Å²) in [5, 5.41) is 3.49. The van der Waals surface area contributed by atoms with Gasteiger partial charge >= 0.3 is 0 Å². The van der Waals surface area contributed by atoms with Crippen LogP contribution in [0.25, 0.3) is 0 Å². The quantitative estimate of drug-likeness (QED) is 0.832. The van der Waals surface area contributed by atoms with Gasteiger partial charge in [0.1, 0.15) is 11.6 Å². The van der Waals surface area contributed by atoms with Crippen molar-refractivity contribution in [1.82, 2.24) is 0 Å². The molecule has 1 unspecified atom stereocenters. The minimum Gasteiger partial charge on any atom is -0.333 e. The van der Waals surface area contributed by atoms with Crippen molar-refractivity contribution in [3.8, 4) is 0 Å². The Bertz CT molecular complexity index is 460. The zero-order chi connectivity index (χ0) is 12.4. The van der Waals surface area contributed by atoms with Crippen molar-refractivity contribution in [1.29, 1.82) is 0 Å². The Hall–Kier alpha value is -1.10. The van der Waals surface area contributed by atoms with Crippen molar-refractivity contribution in [2.75, 3.05) is 17.6 Å². The number of hydrogen-bond donors (Lipinski definition) is 1. The van der Waals surface area contributed by atoms with E-state index in [1.165, 1.54) is 30.8 Å². The number of halogens is 2. The minimum absolute atomic E-state index is 0.147. The van der Waals surface area contributed by atoms with Crippen molar-refractivity contribution in [2.45, 2.75) is 13.8 Å². The Morgan fingerprint density at radius 1 is 1.35 bits per heavy atom. The van der Waals surface area contributed by atoms with Gasteiger partial charge in [-0.15, -0.1) is 0 Å². The summed E-state index contributed by atoms with van der Waals surface area (Å²) in [6, 6.07) is 2.36. The molecule has 0 saturated heterocycles. The van der Waals surface area contributed by atoms with Crippen LogP contribution in [0.2, 0.25) is 0 Å². The number of anilines is 1. The van der Waals surface area contributed by atoms with Crippen molar-refractivity contribution in [3.05, 3.63) is 29.3 Å². The van der Waals surface area contributed by atoms with Gasteiger partial charge in [0.05, 0.1) is 5.69 Å². The normalized spacial score (nSPS) is 20.0. The SMILES string of the molecule is Cc1cc(F)c(NC2=NCC(C)CS2)cc1F. The van der Waals surface area contributed by atoms with Crippen LogP contribution >= 0.6 is 11.8 Å². The highest BCUT2D eigenvalue weighted by Crippen LogP contribution is 2.23. The molecule has 1 N–H and O–H groups in total.